The fraction of sp³-hybridized carbons (Fsp3) is 0.900. The quantitative estimate of drug-likeness (QED) is 0.625. The average molecular weight is 421 g/mol. The van der Waals surface area contributed by atoms with Crippen molar-refractivity contribution >= 4 is 12.2 Å². The third kappa shape index (κ3) is 10.1. The number of nitrogens with zero attached hydrogens (tertiary/aromatic N) is 2. The lowest BCUT2D eigenvalue weighted by molar-refractivity contribution is 0.00882. The number of likely N-dealkylation sites (tertiary alicyclic amines) is 2. The molecule has 2 aliphatic rings. The summed E-state index contributed by atoms with van der Waals surface area (Å²) in [5.74, 6) is 0. The van der Waals surface area contributed by atoms with E-state index in [1.54, 1.807) is 0 Å². The van der Waals surface area contributed by atoms with Crippen molar-refractivity contribution in [3.63, 3.8) is 0 Å². The topological polar surface area (TPSA) is 99.5 Å². The zero-order valence-electron chi connectivity index (χ0n) is 34.4. The number of piperidine rings is 2. The first-order valence-corrected chi connectivity index (χ1v) is 8.01. The Balaban J connectivity index is 0.000000460. The number of hydrogen-bond donors (Lipinski definition) is 2. The summed E-state index contributed by atoms with van der Waals surface area (Å²) in [7, 11) is 0. The SMILES string of the molecule is [2H]C1([2H])N(C(=O)OC(C)(C)C)C([2H])([2H])C([2H])([2H])C([2H])(O)C1([2H])[2H].[2H]C1([2H])N(C(=O)OC(C)(C)C)C([2H])([2H])C([2H])([2H])C([2H])(O)C1([2H])[2H]. The third-order valence-electron chi connectivity index (χ3n) is 2.30. The molecule has 2 aliphatic heterocycles. The maximum absolute atomic E-state index is 12.2. The average Bonchev–Trinajstić information content (AvgIpc) is 2.73. The molecule has 0 aromatic rings. The summed E-state index contributed by atoms with van der Waals surface area (Å²) < 4.78 is 148. The van der Waals surface area contributed by atoms with Gasteiger partial charge in [-0.3, -0.25) is 0 Å². The van der Waals surface area contributed by atoms with Crippen molar-refractivity contribution in [2.24, 2.45) is 0 Å². The molecule has 0 aromatic heterocycles. The zero-order valence-corrected chi connectivity index (χ0v) is 16.4. The van der Waals surface area contributed by atoms with Gasteiger partial charge in [-0.25, -0.2) is 9.59 Å². The number of carbonyl (C=O) groups excluding carboxylic acids is 2. The Morgan fingerprint density at radius 1 is 0.786 bits per heavy atom. The molecular weight excluding hydrogens is 364 g/mol. The van der Waals surface area contributed by atoms with Gasteiger partial charge in [-0.1, -0.05) is 0 Å². The van der Waals surface area contributed by atoms with E-state index in [1.807, 2.05) is 0 Å². The van der Waals surface area contributed by atoms with E-state index < -0.39 is 87.0 Å². The van der Waals surface area contributed by atoms with Gasteiger partial charge in [0.1, 0.15) is 11.2 Å². The van der Waals surface area contributed by atoms with Crippen LogP contribution in [-0.4, -0.2) is 81.5 Å². The molecule has 8 nitrogen and oxygen atoms in total. The molecule has 28 heavy (non-hydrogen) atoms. The second kappa shape index (κ2) is 10.3. The summed E-state index contributed by atoms with van der Waals surface area (Å²) in [6.45, 7) is -5.78. The van der Waals surface area contributed by atoms with E-state index in [0.29, 0.717) is 0 Å². The first-order chi connectivity index (χ1) is 19.5. The van der Waals surface area contributed by atoms with Crippen molar-refractivity contribution in [2.75, 3.05) is 26.0 Å². The number of carbonyl (C=O) groups is 2. The van der Waals surface area contributed by atoms with Crippen molar-refractivity contribution in [1.29, 1.82) is 0 Å². The van der Waals surface area contributed by atoms with Crippen LogP contribution in [0, 0.1) is 0 Å². The number of rotatable bonds is 0. The normalized spacial score (nSPS) is 45.7. The Morgan fingerprint density at radius 3 is 1.25 bits per heavy atom. The van der Waals surface area contributed by atoms with Crippen LogP contribution in [0.4, 0.5) is 9.59 Å². The van der Waals surface area contributed by atoms with Crippen LogP contribution in [0.15, 0.2) is 0 Å². The van der Waals surface area contributed by atoms with Crippen molar-refractivity contribution in [2.45, 2.75) is 90.4 Å². The van der Waals surface area contributed by atoms with Gasteiger partial charge in [-0.05, 0) is 67.0 Å². The van der Waals surface area contributed by atoms with Crippen LogP contribution in [0.5, 0.6) is 0 Å². The monoisotopic (exact) mass is 420 g/mol. The molecule has 0 aliphatic carbocycles. The minimum Gasteiger partial charge on any atom is -0.444 e. The number of ether oxygens (including phenoxy) is 2. The Hall–Kier alpha value is -1.54. The van der Waals surface area contributed by atoms with Crippen molar-refractivity contribution in [1.82, 2.24) is 9.80 Å². The Bertz CT molecular complexity index is 1060. The molecule has 0 aromatic carbocycles. The Morgan fingerprint density at radius 2 is 1.04 bits per heavy atom. The second-order valence-corrected chi connectivity index (χ2v) is 7.28. The molecule has 0 saturated carbocycles. The second-order valence-electron chi connectivity index (χ2n) is 7.28. The highest BCUT2D eigenvalue weighted by Crippen LogP contribution is 2.16. The van der Waals surface area contributed by atoms with Crippen LogP contribution in [0.1, 0.15) is 91.7 Å². The van der Waals surface area contributed by atoms with Crippen LogP contribution in [-0.2, 0) is 9.47 Å². The molecule has 2 N–H and O–H groups in total. The summed E-state index contributed by atoms with van der Waals surface area (Å²) in [6.07, 6.45) is -25.5. The van der Waals surface area contributed by atoms with Gasteiger partial charge < -0.3 is 29.5 Å². The first-order valence-electron chi connectivity index (χ1n) is 17.0. The lowest BCUT2D eigenvalue weighted by Crippen LogP contribution is -2.42. The smallest absolute Gasteiger partial charge is 0.410 e. The molecule has 0 spiro atoms. The fourth-order valence-electron chi connectivity index (χ4n) is 1.35. The molecule has 0 unspecified atom stereocenters. The van der Waals surface area contributed by atoms with Gasteiger partial charge in [0.2, 0.25) is 0 Å². The molecule has 2 saturated heterocycles. The summed E-state index contributed by atoms with van der Waals surface area (Å²) in [6, 6.07) is 0. The van der Waals surface area contributed by atoms with Gasteiger partial charge in [0.05, 0.1) is 14.9 Å². The lowest BCUT2D eigenvalue weighted by atomic mass is 10.1. The van der Waals surface area contributed by atoms with Crippen LogP contribution in [0.25, 0.3) is 0 Å². The highest BCUT2D eigenvalue weighted by molar-refractivity contribution is 5.68. The highest BCUT2D eigenvalue weighted by Gasteiger charge is 2.26. The van der Waals surface area contributed by atoms with Crippen LogP contribution in [0.3, 0.4) is 0 Å². The van der Waals surface area contributed by atoms with Crippen LogP contribution >= 0.6 is 0 Å². The largest absolute Gasteiger partial charge is 0.444 e. The van der Waals surface area contributed by atoms with E-state index >= 15 is 0 Å². The van der Waals surface area contributed by atoms with Gasteiger partial charge in [-0.2, -0.15) is 0 Å². The molecule has 2 amide bonds. The molecule has 0 radical (unpaired) electrons. The molecule has 8 heteroatoms. The molecule has 0 bridgehead atoms. The highest BCUT2D eigenvalue weighted by atomic mass is 16.6. The summed E-state index contributed by atoms with van der Waals surface area (Å²) >= 11 is 0. The van der Waals surface area contributed by atoms with E-state index in [1.165, 1.54) is 41.5 Å². The number of aliphatic hydroxyl groups is 2. The van der Waals surface area contributed by atoms with E-state index in [9.17, 15) is 19.8 Å². The minimum atomic E-state index is -3.80. The van der Waals surface area contributed by atoms with Crippen molar-refractivity contribution < 1.29 is 53.9 Å². The minimum absolute atomic E-state index is 0.367. The van der Waals surface area contributed by atoms with Crippen LogP contribution < -0.4 is 0 Å². The third-order valence-corrected chi connectivity index (χ3v) is 2.30. The van der Waals surface area contributed by atoms with Gasteiger partial charge >= 0.3 is 12.2 Å². The van der Waals surface area contributed by atoms with Gasteiger partial charge in [0.25, 0.3) is 0 Å². The molecule has 2 heterocycles. The maximum Gasteiger partial charge on any atom is 0.410 e. The molecular formula is C20H38N2O6. The predicted octanol–water partition coefficient (Wildman–Crippen LogP) is 2.76. The molecule has 2 rings (SSSR count). The maximum atomic E-state index is 12.2. The van der Waals surface area contributed by atoms with Gasteiger partial charge in [0.15, 0.2) is 0 Å². The van der Waals surface area contributed by atoms with E-state index in [-0.39, 0.29) is 9.80 Å². The lowest BCUT2D eigenvalue weighted by Gasteiger charge is -2.31. The van der Waals surface area contributed by atoms with E-state index in [4.69, 9.17) is 34.1 Å². The Labute approximate surface area is 194 Å². The number of amides is 2. The summed E-state index contributed by atoms with van der Waals surface area (Å²) in [5, 5.41) is 19.8. The van der Waals surface area contributed by atoms with E-state index in [0.717, 1.165) is 0 Å². The summed E-state index contributed by atoms with van der Waals surface area (Å²) in [4.78, 5) is 23.6. The van der Waals surface area contributed by atoms with Crippen molar-refractivity contribution in [3.05, 3.63) is 0 Å². The number of hydrogen-bond acceptors (Lipinski definition) is 6. The standard InChI is InChI=1S/2C10H19NO3/c2*1-10(2,3)14-9(13)11-6-4-8(12)5-7-11/h2*8,12H,4-7H2,1-3H3/i2*4D2,5D2,6D2,7D2,8D. The van der Waals surface area contributed by atoms with Crippen LogP contribution in [0.2, 0.25) is 0 Å². The molecule has 164 valence electrons. The summed E-state index contributed by atoms with van der Waals surface area (Å²) in [5.41, 5.74) is -2.37. The van der Waals surface area contributed by atoms with Gasteiger partial charge in [-0.15, -0.1) is 0 Å². The van der Waals surface area contributed by atoms with E-state index in [2.05, 4.69) is 0 Å². The Kier molecular flexibility index (Phi) is 3.19. The van der Waals surface area contributed by atoms with Crippen molar-refractivity contribution in [3.8, 4) is 0 Å². The molecule has 2 fully saturated rings. The first kappa shape index (κ1) is 8.68. The predicted molar refractivity (Wildman–Crippen MR) is 106 cm³/mol. The molecule has 0 atom stereocenters. The fourth-order valence-corrected chi connectivity index (χ4v) is 1.35. The zero-order chi connectivity index (χ0) is 37.7. The van der Waals surface area contributed by atoms with Gasteiger partial charge in [0, 0.05) is 47.9 Å².